The molecule has 1 aromatic heterocycles. The Morgan fingerprint density at radius 3 is 2.62 bits per heavy atom. The van der Waals surface area contributed by atoms with Crippen LogP contribution in [0.2, 0.25) is 0 Å². The van der Waals surface area contributed by atoms with Crippen LogP contribution in [-0.2, 0) is 11.3 Å². The van der Waals surface area contributed by atoms with Crippen LogP contribution in [0.1, 0.15) is 23.0 Å². The average molecular weight is 325 g/mol. The van der Waals surface area contributed by atoms with Crippen molar-refractivity contribution < 1.29 is 14.0 Å². The molecule has 1 heterocycles. The van der Waals surface area contributed by atoms with Crippen LogP contribution in [0.15, 0.2) is 48.5 Å². The van der Waals surface area contributed by atoms with Crippen LogP contribution in [0.4, 0.5) is 10.1 Å². The van der Waals surface area contributed by atoms with Gasteiger partial charge in [0.15, 0.2) is 0 Å². The van der Waals surface area contributed by atoms with Crippen LogP contribution in [0, 0.1) is 5.82 Å². The second-order valence-corrected chi connectivity index (χ2v) is 5.56. The minimum absolute atomic E-state index is 0.177. The number of hydrogen-bond donors (Lipinski definition) is 2. The summed E-state index contributed by atoms with van der Waals surface area (Å²) in [6.07, 6.45) is 0. The number of benzene rings is 2. The average Bonchev–Trinajstić information content (AvgIpc) is 2.85. The van der Waals surface area contributed by atoms with E-state index in [1.165, 1.54) is 19.1 Å². The van der Waals surface area contributed by atoms with Gasteiger partial charge in [0.25, 0.3) is 5.91 Å². The van der Waals surface area contributed by atoms with E-state index in [1.807, 2.05) is 0 Å². The zero-order valence-electron chi connectivity index (χ0n) is 13.0. The quantitative estimate of drug-likeness (QED) is 0.774. The van der Waals surface area contributed by atoms with Gasteiger partial charge in [0, 0.05) is 30.1 Å². The summed E-state index contributed by atoms with van der Waals surface area (Å²) in [4.78, 5) is 22.9. The van der Waals surface area contributed by atoms with Gasteiger partial charge in [-0.2, -0.15) is 0 Å². The molecule has 0 fully saturated rings. The summed E-state index contributed by atoms with van der Waals surface area (Å²) in [5.74, 6) is -1.08. The lowest BCUT2D eigenvalue weighted by Crippen LogP contribution is -2.17. The molecular weight excluding hydrogens is 309 g/mol. The lowest BCUT2D eigenvalue weighted by Gasteiger charge is -2.10. The van der Waals surface area contributed by atoms with Crippen molar-refractivity contribution in [1.82, 2.24) is 4.57 Å². The Morgan fingerprint density at radius 1 is 1.17 bits per heavy atom. The lowest BCUT2D eigenvalue weighted by molar-refractivity contribution is -0.114. The number of halogens is 1. The number of nitrogens with zero attached hydrogens (tertiary/aromatic N) is 1. The van der Waals surface area contributed by atoms with Crippen molar-refractivity contribution in [1.29, 1.82) is 0 Å². The molecule has 122 valence electrons. The molecule has 3 aromatic rings. The molecule has 0 saturated carbocycles. The van der Waals surface area contributed by atoms with Crippen molar-refractivity contribution in [3.63, 3.8) is 0 Å². The van der Waals surface area contributed by atoms with Crippen LogP contribution in [0.25, 0.3) is 10.9 Å². The second kappa shape index (κ2) is 6.16. The van der Waals surface area contributed by atoms with Gasteiger partial charge in [-0.25, -0.2) is 4.39 Å². The first-order valence-electron chi connectivity index (χ1n) is 7.39. The van der Waals surface area contributed by atoms with Gasteiger partial charge < -0.3 is 15.6 Å². The van der Waals surface area contributed by atoms with Gasteiger partial charge in [0.1, 0.15) is 11.5 Å². The van der Waals surface area contributed by atoms with E-state index in [4.69, 9.17) is 5.73 Å². The molecule has 0 aliphatic heterocycles. The third-order valence-corrected chi connectivity index (χ3v) is 3.70. The summed E-state index contributed by atoms with van der Waals surface area (Å²) in [7, 11) is 0. The molecule has 0 unspecified atom stereocenters. The first-order valence-corrected chi connectivity index (χ1v) is 7.39. The van der Waals surface area contributed by atoms with Crippen LogP contribution in [0.5, 0.6) is 0 Å². The molecule has 0 radical (unpaired) electrons. The summed E-state index contributed by atoms with van der Waals surface area (Å²) in [5, 5.41) is 3.47. The molecule has 24 heavy (non-hydrogen) atoms. The number of rotatable bonds is 4. The van der Waals surface area contributed by atoms with Crippen LogP contribution in [0.3, 0.4) is 0 Å². The molecule has 3 N–H and O–H groups in total. The van der Waals surface area contributed by atoms with Gasteiger partial charge in [0.2, 0.25) is 5.91 Å². The third-order valence-electron chi connectivity index (χ3n) is 3.70. The van der Waals surface area contributed by atoms with E-state index < -0.39 is 5.91 Å². The summed E-state index contributed by atoms with van der Waals surface area (Å²) < 4.78 is 15.1. The zero-order valence-corrected chi connectivity index (χ0v) is 13.0. The van der Waals surface area contributed by atoms with Crippen molar-refractivity contribution in [2.24, 2.45) is 5.73 Å². The van der Waals surface area contributed by atoms with E-state index in [0.717, 1.165) is 16.5 Å². The number of anilines is 1. The van der Waals surface area contributed by atoms with E-state index in [-0.39, 0.29) is 11.7 Å². The van der Waals surface area contributed by atoms with Crippen molar-refractivity contribution in [3.05, 3.63) is 65.6 Å². The van der Waals surface area contributed by atoms with Gasteiger partial charge in [-0.15, -0.1) is 0 Å². The van der Waals surface area contributed by atoms with Crippen molar-refractivity contribution in [2.45, 2.75) is 13.5 Å². The summed E-state index contributed by atoms with van der Waals surface area (Å²) >= 11 is 0. The number of nitrogens with one attached hydrogen (secondary N) is 1. The molecule has 0 bridgehead atoms. The van der Waals surface area contributed by atoms with Crippen molar-refractivity contribution in [2.75, 3.05) is 5.32 Å². The van der Waals surface area contributed by atoms with E-state index >= 15 is 0 Å². The molecule has 0 aliphatic carbocycles. The fraction of sp³-hybridized carbons (Fsp3) is 0.111. The number of nitrogens with two attached hydrogens (primary N) is 1. The summed E-state index contributed by atoms with van der Waals surface area (Å²) in [6, 6.07) is 13.2. The highest BCUT2D eigenvalue weighted by Gasteiger charge is 2.14. The minimum atomic E-state index is -0.566. The fourth-order valence-electron chi connectivity index (χ4n) is 2.74. The molecule has 2 aromatic carbocycles. The van der Waals surface area contributed by atoms with Crippen molar-refractivity contribution in [3.8, 4) is 0 Å². The smallest absolute Gasteiger partial charge is 0.265 e. The minimum Gasteiger partial charge on any atom is -0.364 e. The Morgan fingerprint density at radius 2 is 1.96 bits per heavy atom. The van der Waals surface area contributed by atoms with Crippen LogP contribution < -0.4 is 11.1 Å². The fourth-order valence-corrected chi connectivity index (χ4v) is 2.74. The Bertz CT molecular complexity index is 947. The third kappa shape index (κ3) is 3.12. The number of amides is 2. The summed E-state index contributed by atoms with van der Waals surface area (Å²) in [6.45, 7) is 1.74. The van der Waals surface area contributed by atoms with Crippen LogP contribution in [-0.4, -0.2) is 16.4 Å². The largest absolute Gasteiger partial charge is 0.364 e. The number of carbonyl (C=O) groups is 2. The lowest BCUT2D eigenvalue weighted by atomic mass is 10.2. The van der Waals surface area contributed by atoms with Gasteiger partial charge in [-0.1, -0.05) is 12.1 Å². The molecule has 0 aliphatic rings. The first-order chi connectivity index (χ1) is 11.4. The monoisotopic (exact) mass is 325 g/mol. The van der Waals surface area contributed by atoms with Crippen molar-refractivity contribution >= 4 is 28.4 Å². The highest BCUT2D eigenvalue weighted by atomic mass is 19.1. The predicted octanol–water partition coefficient (Wildman–Crippen LogP) is 2.89. The number of hydrogen-bond acceptors (Lipinski definition) is 2. The zero-order chi connectivity index (χ0) is 17.3. The number of fused-ring (bicyclic) bond motifs is 1. The maximum atomic E-state index is 13.4. The Labute approximate surface area is 137 Å². The Kier molecular flexibility index (Phi) is 4.04. The van der Waals surface area contributed by atoms with E-state index in [9.17, 15) is 14.0 Å². The van der Waals surface area contributed by atoms with E-state index in [1.54, 1.807) is 41.0 Å². The normalized spacial score (nSPS) is 10.8. The van der Waals surface area contributed by atoms with Gasteiger partial charge in [-0.05, 0) is 42.0 Å². The molecule has 3 rings (SSSR count). The topological polar surface area (TPSA) is 77.1 Å². The van der Waals surface area contributed by atoms with Gasteiger partial charge in [0.05, 0.1) is 0 Å². The maximum Gasteiger partial charge on any atom is 0.265 e. The Hall–Kier alpha value is -3.15. The number of primary amides is 1. The molecule has 2 amide bonds. The SMILES string of the molecule is CC(=O)Nc1ccc2c(c1)cc(C(N)=O)n2Cc1cccc(F)c1. The van der Waals surface area contributed by atoms with E-state index in [2.05, 4.69) is 5.32 Å². The molecule has 0 saturated heterocycles. The molecule has 5 nitrogen and oxygen atoms in total. The standard InChI is InChI=1S/C18H16FN3O2/c1-11(23)21-15-5-6-16-13(8-15)9-17(18(20)24)22(16)10-12-3-2-4-14(19)7-12/h2-9H,10H2,1H3,(H2,20,24)(H,21,23). The molecule has 0 atom stereocenters. The van der Waals surface area contributed by atoms with Crippen LogP contribution >= 0.6 is 0 Å². The summed E-state index contributed by atoms with van der Waals surface area (Å²) in [5.41, 5.74) is 7.94. The van der Waals surface area contributed by atoms with Gasteiger partial charge >= 0.3 is 0 Å². The van der Waals surface area contributed by atoms with Gasteiger partial charge in [-0.3, -0.25) is 9.59 Å². The maximum absolute atomic E-state index is 13.4. The first kappa shape index (κ1) is 15.7. The highest BCUT2D eigenvalue weighted by Crippen LogP contribution is 2.25. The number of carbonyl (C=O) groups excluding carboxylic acids is 2. The predicted molar refractivity (Wildman–Crippen MR) is 90.3 cm³/mol. The second-order valence-electron chi connectivity index (χ2n) is 5.56. The molecular formula is C18H16FN3O2. The Balaban J connectivity index is 2.09. The number of aromatic nitrogens is 1. The molecule has 0 spiro atoms. The highest BCUT2D eigenvalue weighted by molar-refractivity contribution is 5.99. The molecule has 6 heteroatoms. The van der Waals surface area contributed by atoms with E-state index in [0.29, 0.717) is 17.9 Å².